The highest BCUT2D eigenvalue weighted by Gasteiger charge is 2.29. The molecule has 8 nitrogen and oxygen atoms in total. The smallest absolute Gasteiger partial charge is 0.324 e. The van der Waals surface area contributed by atoms with Crippen LogP contribution in [0.1, 0.15) is 83.5 Å². The number of carbonyl (C=O) groups is 1. The molecule has 0 saturated heterocycles. The van der Waals surface area contributed by atoms with E-state index < -0.39 is 31.5 Å². The summed E-state index contributed by atoms with van der Waals surface area (Å²) in [6.45, 7) is 0. The first-order chi connectivity index (χ1) is 12.0. The van der Waals surface area contributed by atoms with Gasteiger partial charge in [0.2, 0.25) is 0 Å². The molecule has 0 bridgehead atoms. The van der Waals surface area contributed by atoms with Crippen molar-refractivity contribution < 1.29 is 35.8 Å². The zero-order valence-corrected chi connectivity index (χ0v) is 16.8. The lowest BCUT2D eigenvalue weighted by atomic mass is 10.0. The Labute approximate surface area is 156 Å². The molecule has 0 fully saturated rings. The van der Waals surface area contributed by atoms with E-state index in [4.69, 9.17) is 14.2 Å². The van der Waals surface area contributed by atoms with Gasteiger partial charge in [-0.25, -0.2) is 0 Å². The van der Waals surface area contributed by atoms with E-state index >= 15 is 0 Å². The van der Waals surface area contributed by atoms with Crippen molar-refractivity contribution in [3.05, 3.63) is 0 Å². The standard InChI is InChI=1S/C16H32O8S2/c17-16(18)15(26(22,23)24)13-11-9-7-5-3-1-2-4-6-8-10-12-14-25(19,20)21/h15H,1-14H2,(H,17,18)(H,19,20,21)(H,22,23,24). The molecule has 0 saturated carbocycles. The third-order valence-corrected chi connectivity index (χ3v) is 6.21. The summed E-state index contributed by atoms with van der Waals surface area (Å²) in [5.41, 5.74) is 0. The van der Waals surface area contributed by atoms with E-state index in [-0.39, 0.29) is 12.2 Å². The molecular formula is C16H32O8S2. The summed E-state index contributed by atoms with van der Waals surface area (Å²) in [6.07, 6.45) is 10.8. The maximum atomic E-state index is 10.9. The molecule has 0 aliphatic heterocycles. The van der Waals surface area contributed by atoms with Crippen molar-refractivity contribution in [1.82, 2.24) is 0 Å². The summed E-state index contributed by atoms with van der Waals surface area (Å²) in [4.78, 5) is 10.8. The summed E-state index contributed by atoms with van der Waals surface area (Å²) >= 11 is 0. The Morgan fingerprint density at radius 2 is 1.00 bits per heavy atom. The molecule has 0 rings (SSSR count). The van der Waals surface area contributed by atoms with Crippen LogP contribution in [0, 0.1) is 0 Å². The van der Waals surface area contributed by atoms with Crippen molar-refractivity contribution in [1.29, 1.82) is 0 Å². The van der Waals surface area contributed by atoms with Gasteiger partial charge >= 0.3 is 5.97 Å². The van der Waals surface area contributed by atoms with Gasteiger partial charge in [0.1, 0.15) is 0 Å². The molecule has 0 aromatic carbocycles. The molecule has 0 spiro atoms. The third kappa shape index (κ3) is 15.5. The molecule has 0 aliphatic rings. The Hall–Kier alpha value is -0.710. The first kappa shape index (κ1) is 25.3. The van der Waals surface area contributed by atoms with Crippen LogP contribution in [0.3, 0.4) is 0 Å². The lowest BCUT2D eigenvalue weighted by molar-refractivity contribution is -0.136. The fourth-order valence-corrected chi connectivity index (χ4v) is 4.07. The van der Waals surface area contributed by atoms with Gasteiger partial charge in [-0.1, -0.05) is 70.6 Å². The van der Waals surface area contributed by atoms with Crippen LogP contribution >= 0.6 is 0 Å². The molecule has 0 radical (unpaired) electrons. The zero-order chi connectivity index (χ0) is 20.1. The van der Waals surface area contributed by atoms with E-state index in [0.29, 0.717) is 12.8 Å². The van der Waals surface area contributed by atoms with Gasteiger partial charge in [-0.05, 0) is 12.8 Å². The molecule has 0 heterocycles. The highest BCUT2D eigenvalue weighted by molar-refractivity contribution is 7.87. The predicted molar refractivity (Wildman–Crippen MR) is 99.4 cm³/mol. The first-order valence-corrected chi connectivity index (χ1v) is 12.3. The predicted octanol–water partition coefficient (Wildman–Crippen LogP) is 3.29. The maximum Gasteiger partial charge on any atom is 0.324 e. The molecule has 1 atom stereocenters. The molecule has 10 heteroatoms. The van der Waals surface area contributed by atoms with E-state index in [1.807, 2.05) is 0 Å². The van der Waals surface area contributed by atoms with Gasteiger partial charge in [0.25, 0.3) is 20.2 Å². The molecule has 0 aromatic rings. The quantitative estimate of drug-likeness (QED) is 0.242. The van der Waals surface area contributed by atoms with Crippen LogP contribution in [0.2, 0.25) is 0 Å². The fourth-order valence-electron chi connectivity index (χ4n) is 2.78. The Bertz CT molecular complexity index is 583. The van der Waals surface area contributed by atoms with E-state index in [1.54, 1.807) is 0 Å². The number of aliphatic carboxylic acids is 1. The lowest BCUT2D eigenvalue weighted by Crippen LogP contribution is -2.29. The first-order valence-electron chi connectivity index (χ1n) is 9.18. The van der Waals surface area contributed by atoms with Crippen LogP contribution in [-0.4, -0.2) is 48.0 Å². The maximum absolute atomic E-state index is 10.9. The van der Waals surface area contributed by atoms with E-state index in [1.165, 1.54) is 0 Å². The van der Waals surface area contributed by atoms with Crippen molar-refractivity contribution >= 4 is 26.2 Å². The van der Waals surface area contributed by atoms with Crippen LogP contribution in [0.25, 0.3) is 0 Å². The Kier molecular flexibility index (Phi) is 13.1. The van der Waals surface area contributed by atoms with E-state index in [2.05, 4.69) is 0 Å². The Balaban J connectivity index is 3.43. The van der Waals surface area contributed by atoms with Crippen molar-refractivity contribution in [2.24, 2.45) is 0 Å². The van der Waals surface area contributed by atoms with Crippen molar-refractivity contribution in [2.75, 3.05) is 5.75 Å². The summed E-state index contributed by atoms with van der Waals surface area (Å²) < 4.78 is 60.3. The molecule has 0 amide bonds. The van der Waals surface area contributed by atoms with E-state index in [0.717, 1.165) is 64.2 Å². The second-order valence-corrected chi connectivity index (χ2v) is 9.83. The van der Waals surface area contributed by atoms with Crippen LogP contribution < -0.4 is 0 Å². The number of hydrogen-bond acceptors (Lipinski definition) is 5. The van der Waals surface area contributed by atoms with Gasteiger partial charge in [-0.15, -0.1) is 0 Å². The highest BCUT2D eigenvalue weighted by atomic mass is 32.2. The molecule has 26 heavy (non-hydrogen) atoms. The molecule has 3 N–H and O–H groups in total. The number of carboxylic acid groups (broad SMARTS) is 1. The van der Waals surface area contributed by atoms with Crippen molar-refractivity contribution in [3.63, 3.8) is 0 Å². The van der Waals surface area contributed by atoms with E-state index in [9.17, 15) is 21.6 Å². The zero-order valence-electron chi connectivity index (χ0n) is 15.2. The summed E-state index contributed by atoms with van der Waals surface area (Å²) in [7, 11) is -8.36. The topological polar surface area (TPSA) is 146 Å². The average Bonchev–Trinajstić information content (AvgIpc) is 2.48. The molecule has 156 valence electrons. The summed E-state index contributed by atoms with van der Waals surface area (Å²) in [5, 5.41) is 7.04. The number of unbranched alkanes of at least 4 members (excludes halogenated alkanes) is 11. The average molecular weight is 417 g/mol. The van der Waals surface area contributed by atoms with Gasteiger partial charge in [0, 0.05) is 0 Å². The van der Waals surface area contributed by atoms with Crippen LogP contribution in [-0.2, 0) is 25.0 Å². The molecule has 0 aromatic heterocycles. The van der Waals surface area contributed by atoms with Crippen LogP contribution in [0.4, 0.5) is 0 Å². The second kappa shape index (κ2) is 13.5. The minimum Gasteiger partial charge on any atom is -0.480 e. The number of rotatable bonds is 17. The lowest BCUT2D eigenvalue weighted by Gasteiger charge is -2.08. The third-order valence-electron chi connectivity index (χ3n) is 4.25. The van der Waals surface area contributed by atoms with Gasteiger partial charge < -0.3 is 5.11 Å². The Morgan fingerprint density at radius 3 is 1.31 bits per heavy atom. The fraction of sp³-hybridized carbons (Fsp3) is 0.938. The minimum atomic E-state index is -4.53. The SMILES string of the molecule is O=C(O)C(CCCCCCCCCCCCCCS(=O)(=O)O)S(=O)(=O)O. The summed E-state index contributed by atoms with van der Waals surface area (Å²) in [5.74, 6) is -1.67. The van der Waals surface area contributed by atoms with Crippen LogP contribution in [0.15, 0.2) is 0 Å². The van der Waals surface area contributed by atoms with Crippen molar-refractivity contribution in [3.8, 4) is 0 Å². The number of hydrogen-bond donors (Lipinski definition) is 3. The second-order valence-electron chi connectivity index (χ2n) is 6.66. The normalized spacial score (nSPS) is 13.6. The van der Waals surface area contributed by atoms with Crippen molar-refractivity contribution in [2.45, 2.75) is 88.7 Å². The molecule has 1 unspecified atom stereocenters. The minimum absolute atomic E-state index is 0.0637. The Morgan fingerprint density at radius 1 is 0.654 bits per heavy atom. The monoisotopic (exact) mass is 416 g/mol. The van der Waals surface area contributed by atoms with Crippen LogP contribution in [0.5, 0.6) is 0 Å². The van der Waals surface area contributed by atoms with Gasteiger partial charge in [-0.3, -0.25) is 13.9 Å². The highest BCUT2D eigenvalue weighted by Crippen LogP contribution is 2.15. The summed E-state index contributed by atoms with van der Waals surface area (Å²) in [6, 6.07) is 0. The van der Waals surface area contributed by atoms with Gasteiger partial charge in [0.15, 0.2) is 5.25 Å². The van der Waals surface area contributed by atoms with Gasteiger partial charge in [-0.2, -0.15) is 16.8 Å². The largest absolute Gasteiger partial charge is 0.480 e. The number of carboxylic acids is 1. The molecule has 0 aliphatic carbocycles. The molecular weight excluding hydrogens is 384 g/mol. The van der Waals surface area contributed by atoms with Gasteiger partial charge in [0.05, 0.1) is 5.75 Å².